The molecule has 0 rings (SSSR count). The molecule has 0 fully saturated rings. The van der Waals surface area contributed by atoms with Crippen LogP contribution in [0.2, 0.25) is 0 Å². The fourth-order valence-electron chi connectivity index (χ4n) is 0.644. The highest BCUT2D eigenvalue weighted by Crippen LogP contribution is 2.03. The second-order valence-electron chi connectivity index (χ2n) is 2.73. The third-order valence-corrected chi connectivity index (χ3v) is 1.27. The van der Waals surface area contributed by atoms with Gasteiger partial charge < -0.3 is 5.11 Å². The van der Waals surface area contributed by atoms with Gasteiger partial charge in [-0.3, -0.25) is 0 Å². The molecule has 0 atom stereocenters. The molecule has 0 saturated carbocycles. The van der Waals surface area contributed by atoms with Gasteiger partial charge in [0.1, 0.15) is 0 Å². The van der Waals surface area contributed by atoms with E-state index in [0.717, 1.165) is 18.4 Å². The highest BCUT2D eigenvalue weighted by Gasteiger charge is 1.88. The van der Waals surface area contributed by atoms with E-state index in [1.54, 1.807) is 0 Å². The molecule has 0 amide bonds. The smallest absolute Gasteiger partial charge is 0.0639 e. The Labute approximate surface area is 63.1 Å². The van der Waals surface area contributed by atoms with Crippen LogP contribution in [0.1, 0.15) is 26.7 Å². The number of allylic oxidation sites excluding steroid dienone is 2. The first-order valence-electron chi connectivity index (χ1n) is 3.57. The Hall–Kier alpha value is -0.560. The van der Waals surface area contributed by atoms with Crippen LogP contribution in [0.3, 0.4) is 0 Å². The Bertz CT molecular complexity index is 130. The first kappa shape index (κ1) is 9.44. The molecule has 1 heteroatoms. The van der Waals surface area contributed by atoms with Gasteiger partial charge in [0.05, 0.1) is 6.61 Å². The molecule has 58 valence electrons. The van der Waals surface area contributed by atoms with Crippen LogP contribution in [0.5, 0.6) is 0 Å². The number of hydrogen-bond donors (Lipinski definition) is 1. The Morgan fingerprint density at radius 3 is 2.50 bits per heavy atom. The van der Waals surface area contributed by atoms with Crippen LogP contribution in [0.4, 0.5) is 0 Å². The third-order valence-electron chi connectivity index (χ3n) is 1.27. The average molecular weight is 140 g/mol. The van der Waals surface area contributed by atoms with Gasteiger partial charge in [0.25, 0.3) is 0 Å². The van der Waals surface area contributed by atoms with Gasteiger partial charge in [-0.1, -0.05) is 23.8 Å². The summed E-state index contributed by atoms with van der Waals surface area (Å²) in [4.78, 5) is 0. The van der Waals surface area contributed by atoms with Gasteiger partial charge in [0, 0.05) is 0 Å². The zero-order valence-corrected chi connectivity index (χ0v) is 6.85. The summed E-state index contributed by atoms with van der Waals surface area (Å²) in [5, 5.41) is 8.58. The standard InChI is InChI=1S/C9H16O/c1-8(2)5-4-6-9(3)7-10/h5,10H,3-4,6-7H2,1-2H3. The van der Waals surface area contributed by atoms with E-state index in [-0.39, 0.29) is 6.61 Å². The lowest BCUT2D eigenvalue weighted by atomic mass is 10.1. The molecule has 0 radical (unpaired) electrons. The molecule has 10 heavy (non-hydrogen) atoms. The number of aliphatic hydroxyl groups is 1. The minimum Gasteiger partial charge on any atom is -0.392 e. The molecular weight excluding hydrogens is 124 g/mol. The third kappa shape index (κ3) is 5.57. The van der Waals surface area contributed by atoms with Crippen molar-refractivity contribution in [3.05, 3.63) is 23.8 Å². The summed E-state index contributed by atoms with van der Waals surface area (Å²) in [6, 6.07) is 0. The van der Waals surface area contributed by atoms with Crippen LogP contribution in [0.15, 0.2) is 23.8 Å². The van der Waals surface area contributed by atoms with Gasteiger partial charge in [-0.2, -0.15) is 0 Å². The predicted molar refractivity (Wildman–Crippen MR) is 44.9 cm³/mol. The molecule has 0 aromatic heterocycles. The molecule has 0 heterocycles. The predicted octanol–water partition coefficient (Wildman–Crippen LogP) is 2.28. The van der Waals surface area contributed by atoms with Crippen molar-refractivity contribution in [2.75, 3.05) is 6.61 Å². The van der Waals surface area contributed by atoms with Crippen LogP contribution in [-0.4, -0.2) is 11.7 Å². The van der Waals surface area contributed by atoms with Crippen LogP contribution in [0, 0.1) is 0 Å². The maximum Gasteiger partial charge on any atom is 0.0639 e. The minimum absolute atomic E-state index is 0.122. The molecule has 0 unspecified atom stereocenters. The summed E-state index contributed by atoms with van der Waals surface area (Å²) >= 11 is 0. The minimum atomic E-state index is 0.122. The van der Waals surface area contributed by atoms with Crippen molar-refractivity contribution in [1.82, 2.24) is 0 Å². The lowest BCUT2D eigenvalue weighted by Crippen LogP contribution is -1.86. The molecule has 0 aromatic carbocycles. The van der Waals surface area contributed by atoms with Crippen molar-refractivity contribution < 1.29 is 5.11 Å². The van der Waals surface area contributed by atoms with Crippen molar-refractivity contribution in [1.29, 1.82) is 0 Å². The quantitative estimate of drug-likeness (QED) is 0.594. The van der Waals surface area contributed by atoms with E-state index in [4.69, 9.17) is 5.11 Å². The SMILES string of the molecule is C=C(CO)CCC=C(C)C. The first-order valence-corrected chi connectivity index (χ1v) is 3.57. The Morgan fingerprint density at radius 2 is 2.10 bits per heavy atom. The van der Waals surface area contributed by atoms with Crippen molar-refractivity contribution >= 4 is 0 Å². The van der Waals surface area contributed by atoms with Gasteiger partial charge in [-0.05, 0) is 26.7 Å². The summed E-state index contributed by atoms with van der Waals surface area (Å²) in [6.07, 6.45) is 4.06. The zero-order chi connectivity index (χ0) is 7.98. The van der Waals surface area contributed by atoms with E-state index in [2.05, 4.69) is 26.5 Å². The topological polar surface area (TPSA) is 20.2 Å². The Balaban J connectivity index is 3.37. The molecule has 0 aliphatic heterocycles. The van der Waals surface area contributed by atoms with Crippen LogP contribution in [-0.2, 0) is 0 Å². The van der Waals surface area contributed by atoms with Crippen molar-refractivity contribution in [3.63, 3.8) is 0 Å². The molecular formula is C9H16O. The van der Waals surface area contributed by atoms with Crippen molar-refractivity contribution in [2.45, 2.75) is 26.7 Å². The van der Waals surface area contributed by atoms with Gasteiger partial charge in [-0.15, -0.1) is 0 Å². The van der Waals surface area contributed by atoms with Gasteiger partial charge in [-0.25, -0.2) is 0 Å². The number of aliphatic hydroxyl groups excluding tert-OH is 1. The Morgan fingerprint density at radius 1 is 1.50 bits per heavy atom. The monoisotopic (exact) mass is 140 g/mol. The van der Waals surface area contributed by atoms with Crippen molar-refractivity contribution in [3.8, 4) is 0 Å². The fourth-order valence-corrected chi connectivity index (χ4v) is 0.644. The van der Waals surface area contributed by atoms with E-state index in [0.29, 0.717) is 0 Å². The van der Waals surface area contributed by atoms with Gasteiger partial charge >= 0.3 is 0 Å². The number of hydrogen-bond acceptors (Lipinski definition) is 1. The van der Waals surface area contributed by atoms with Crippen LogP contribution < -0.4 is 0 Å². The summed E-state index contributed by atoms with van der Waals surface area (Å²) in [7, 11) is 0. The van der Waals surface area contributed by atoms with E-state index in [1.165, 1.54) is 5.57 Å². The van der Waals surface area contributed by atoms with Gasteiger partial charge in [0.15, 0.2) is 0 Å². The molecule has 0 bridgehead atoms. The highest BCUT2D eigenvalue weighted by atomic mass is 16.3. The lowest BCUT2D eigenvalue weighted by molar-refractivity contribution is 0.327. The highest BCUT2D eigenvalue weighted by molar-refractivity contribution is 4.99. The van der Waals surface area contributed by atoms with E-state index >= 15 is 0 Å². The molecule has 0 spiro atoms. The molecule has 1 nitrogen and oxygen atoms in total. The second kappa shape index (κ2) is 5.24. The first-order chi connectivity index (χ1) is 4.66. The van der Waals surface area contributed by atoms with E-state index in [1.807, 2.05) is 0 Å². The molecule has 0 aliphatic carbocycles. The van der Waals surface area contributed by atoms with Gasteiger partial charge in [0.2, 0.25) is 0 Å². The van der Waals surface area contributed by atoms with Crippen LogP contribution in [0.25, 0.3) is 0 Å². The fraction of sp³-hybridized carbons (Fsp3) is 0.556. The lowest BCUT2D eigenvalue weighted by Gasteiger charge is -1.96. The van der Waals surface area contributed by atoms with Crippen LogP contribution >= 0.6 is 0 Å². The summed E-state index contributed by atoms with van der Waals surface area (Å²) < 4.78 is 0. The van der Waals surface area contributed by atoms with Crippen molar-refractivity contribution in [2.24, 2.45) is 0 Å². The molecule has 0 aliphatic rings. The van der Waals surface area contributed by atoms with E-state index in [9.17, 15) is 0 Å². The maximum atomic E-state index is 8.58. The summed E-state index contributed by atoms with van der Waals surface area (Å²) in [5.41, 5.74) is 2.24. The summed E-state index contributed by atoms with van der Waals surface area (Å²) in [5.74, 6) is 0. The molecule has 0 aromatic rings. The van der Waals surface area contributed by atoms with E-state index < -0.39 is 0 Å². The average Bonchev–Trinajstić information content (AvgIpc) is 1.87. The second-order valence-corrected chi connectivity index (χ2v) is 2.73. The number of rotatable bonds is 4. The molecule has 0 saturated heterocycles. The largest absolute Gasteiger partial charge is 0.392 e. The molecule has 1 N–H and O–H groups in total. The zero-order valence-electron chi connectivity index (χ0n) is 6.85. The summed E-state index contributed by atoms with van der Waals surface area (Å²) in [6.45, 7) is 7.95. The maximum absolute atomic E-state index is 8.58. The normalized spacial score (nSPS) is 9.10. The Kier molecular flexibility index (Phi) is 4.95.